The van der Waals surface area contributed by atoms with Crippen LogP contribution in [0.25, 0.3) is 0 Å². The largest absolute Gasteiger partial charge is 0.465 e. The van der Waals surface area contributed by atoms with Gasteiger partial charge in [0.1, 0.15) is 6.54 Å². The van der Waals surface area contributed by atoms with Gasteiger partial charge in [-0.3, -0.25) is 4.79 Å². The van der Waals surface area contributed by atoms with Crippen molar-refractivity contribution in [3.8, 4) is 0 Å². The van der Waals surface area contributed by atoms with Gasteiger partial charge in [0.2, 0.25) is 0 Å². The first-order valence-electron chi connectivity index (χ1n) is 10.3. The van der Waals surface area contributed by atoms with Crippen molar-refractivity contribution in [3.05, 3.63) is 64.7 Å². The molecule has 5 nitrogen and oxygen atoms in total. The molecule has 0 spiro atoms. The maximum absolute atomic E-state index is 13.0. The first-order valence-corrected chi connectivity index (χ1v) is 10.3. The summed E-state index contributed by atoms with van der Waals surface area (Å²) in [6.45, 7) is 7.30. The van der Waals surface area contributed by atoms with Crippen LogP contribution in [-0.4, -0.2) is 43.1 Å². The minimum absolute atomic E-state index is 0.0653. The van der Waals surface area contributed by atoms with Crippen molar-refractivity contribution in [1.82, 2.24) is 0 Å². The Kier molecular flexibility index (Phi) is 6.70. The average molecular weight is 396 g/mol. The van der Waals surface area contributed by atoms with Crippen LogP contribution < -0.4 is 5.32 Å². The van der Waals surface area contributed by atoms with E-state index in [1.165, 1.54) is 13.5 Å². The van der Waals surface area contributed by atoms with E-state index in [4.69, 9.17) is 4.74 Å². The molecular formula is C24H31N2O3+. The third-order valence-corrected chi connectivity index (χ3v) is 5.88. The van der Waals surface area contributed by atoms with Gasteiger partial charge in [0.15, 0.2) is 6.54 Å². The molecule has 1 amide bonds. The monoisotopic (exact) mass is 395 g/mol. The molecule has 1 aliphatic heterocycles. The Morgan fingerprint density at radius 2 is 1.59 bits per heavy atom. The van der Waals surface area contributed by atoms with E-state index in [9.17, 15) is 9.59 Å². The molecule has 0 saturated carbocycles. The van der Waals surface area contributed by atoms with Gasteiger partial charge in [-0.25, -0.2) is 4.79 Å². The van der Waals surface area contributed by atoms with E-state index >= 15 is 0 Å². The minimum Gasteiger partial charge on any atom is -0.465 e. The average Bonchev–Trinajstić information content (AvgIpc) is 2.71. The number of carbonyl (C=O) groups is 2. The number of hydrogen-bond acceptors (Lipinski definition) is 3. The molecule has 1 fully saturated rings. The predicted molar refractivity (Wildman–Crippen MR) is 115 cm³/mol. The van der Waals surface area contributed by atoms with Crippen molar-refractivity contribution in [3.63, 3.8) is 0 Å². The van der Waals surface area contributed by atoms with Gasteiger partial charge in [0.25, 0.3) is 5.91 Å². The lowest BCUT2D eigenvalue weighted by atomic mass is 10.0. The molecule has 0 atom stereocenters. The molecule has 2 aromatic carbocycles. The number of methoxy groups -OCH3 is 1. The van der Waals surface area contributed by atoms with Crippen molar-refractivity contribution < 1.29 is 18.8 Å². The lowest BCUT2D eigenvalue weighted by molar-refractivity contribution is -0.937. The predicted octanol–water partition coefficient (Wildman–Crippen LogP) is 4.23. The summed E-state index contributed by atoms with van der Waals surface area (Å²) in [5.41, 5.74) is 4.78. The Balaban J connectivity index is 1.74. The Bertz CT molecular complexity index is 848. The smallest absolute Gasteiger partial charge is 0.337 e. The summed E-state index contributed by atoms with van der Waals surface area (Å²) in [6.07, 6.45) is 3.49. The molecule has 1 aliphatic rings. The zero-order chi connectivity index (χ0) is 20.9. The summed E-state index contributed by atoms with van der Waals surface area (Å²) < 4.78 is 5.54. The summed E-state index contributed by atoms with van der Waals surface area (Å²) >= 11 is 0. The second-order valence-corrected chi connectivity index (χ2v) is 8.17. The number of anilines is 1. The van der Waals surface area contributed by atoms with Gasteiger partial charge in [-0.2, -0.15) is 0 Å². The molecule has 1 N–H and O–H groups in total. The van der Waals surface area contributed by atoms with E-state index in [1.807, 2.05) is 44.2 Å². The van der Waals surface area contributed by atoms with E-state index in [-0.39, 0.29) is 11.9 Å². The molecule has 2 aromatic rings. The number of quaternary nitrogens is 1. The van der Waals surface area contributed by atoms with E-state index in [2.05, 4.69) is 5.32 Å². The lowest BCUT2D eigenvalue weighted by Gasteiger charge is -2.41. The summed E-state index contributed by atoms with van der Waals surface area (Å²) in [5.74, 6) is -0.262. The maximum Gasteiger partial charge on any atom is 0.337 e. The summed E-state index contributed by atoms with van der Waals surface area (Å²) in [5, 5.41) is 3.15. The number of hydrogen-bond donors (Lipinski definition) is 1. The van der Waals surface area contributed by atoms with Gasteiger partial charge in [-0.15, -0.1) is 0 Å². The molecule has 0 radical (unpaired) electrons. The Labute approximate surface area is 173 Å². The van der Waals surface area contributed by atoms with Crippen LogP contribution in [0.3, 0.4) is 0 Å². The summed E-state index contributed by atoms with van der Waals surface area (Å²) in [6, 6.07) is 13.6. The maximum atomic E-state index is 13.0. The fourth-order valence-electron chi connectivity index (χ4n) is 4.30. The fraction of sp³-hybridized carbons (Fsp3) is 0.417. The number of benzene rings is 2. The standard InChI is InChI=1S/C24H30N2O3/c1-18-8-7-9-19(2)23(18)25-22(27)17-26(14-5-4-6-15-26)16-20-10-12-21(13-11-20)24(28)29-3/h7-13H,4-6,14-17H2,1-3H3/p+1. The van der Waals surface area contributed by atoms with E-state index in [0.29, 0.717) is 12.1 Å². The second kappa shape index (κ2) is 9.23. The number of nitrogens with zero attached hydrogens (tertiary/aromatic N) is 1. The molecule has 0 aliphatic carbocycles. The number of rotatable bonds is 6. The molecule has 29 heavy (non-hydrogen) atoms. The number of esters is 1. The number of aryl methyl sites for hydroxylation is 2. The molecule has 5 heteroatoms. The first kappa shape index (κ1) is 21.1. The van der Waals surface area contributed by atoms with Crippen molar-refractivity contribution in [2.75, 3.05) is 32.1 Å². The van der Waals surface area contributed by atoms with E-state index in [0.717, 1.165) is 59.3 Å². The van der Waals surface area contributed by atoms with Crippen molar-refractivity contribution >= 4 is 17.6 Å². The number of piperidine rings is 1. The third-order valence-electron chi connectivity index (χ3n) is 5.88. The molecule has 3 rings (SSSR count). The number of likely N-dealkylation sites (tertiary alicyclic amines) is 1. The number of carbonyl (C=O) groups excluding carboxylic acids is 2. The van der Waals surface area contributed by atoms with Crippen LogP contribution in [0.4, 0.5) is 5.69 Å². The first-order chi connectivity index (χ1) is 13.9. The Hall–Kier alpha value is -2.66. The van der Waals surface area contributed by atoms with Gasteiger partial charge >= 0.3 is 5.97 Å². The SMILES string of the molecule is COC(=O)c1ccc(C[N+]2(CC(=O)Nc3c(C)cccc3C)CCCCC2)cc1. The van der Waals surface area contributed by atoms with Crippen LogP contribution in [0.15, 0.2) is 42.5 Å². The van der Waals surface area contributed by atoms with Gasteiger partial charge < -0.3 is 14.5 Å². The fourth-order valence-corrected chi connectivity index (χ4v) is 4.30. The van der Waals surface area contributed by atoms with Crippen molar-refractivity contribution in [1.29, 1.82) is 0 Å². The topological polar surface area (TPSA) is 55.4 Å². The number of para-hydroxylation sites is 1. The highest BCUT2D eigenvalue weighted by molar-refractivity contribution is 5.93. The van der Waals surface area contributed by atoms with Crippen molar-refractivity contribution in [2.24, 2.45) is 0 Å². The van der Waals surface area contributed by atoms with Crippen LogP contribution in [0.1, 0.15) is 46.3 Å². The molecule has 1 heterocycles. The number of amides is 1. The van der Waals surface area contributed by atoms with Crippen LogP contribution in [0, 0.1) is 13.8 Å². The van der Waals surface area contributed by atoms with E-state index in [1.54, 1.807) is 12.1 Å². The number of nitrogens with one attached hydrogen (secondary N) is 1. The lowest BCUT2D eigenvalue weighted by Crippen LogP contribution is -2.54. The minimum atomic E-state index is -0.327. The molecule has 154 valence electrons. The molecule has 0 bridgehead atoms. The highest BCUT2D eigenvalue weighted by atomic mass is 16.5. The van der Waals surface area contributed by atoms with Crippen LogP contribution in [0.5, 0.6) is 0 Å². The van der Waals surface area contributed by atoms with Gasteiger partial charge in [-0.05, 0) is 56.4 Å². The quantitative estimate of drug-likeness (QED) is 0.588. The molecule has 0 aromatic heterocycles. The number of ether oxygens (including phenoxy) is 1. The van der Waals surface area contributed by atoms with E-state index < -0.39 is 0 Å². The Morgan fingerprint density at radius 3 is 2.17 bits per heavy atom. The normalized spacial score (nSPS) is 15.6. The molecular weight excluding hydrogens is 364 g/mol. The van der Waals surface area contributed by atoms with Gasteiger partial charge in [0.05, 0.1) is 25.8 Å². The Morgan fingerprint density at radius 1 is 0.966 bits per heavy atom. The third kappa shape index (κ3) is 5.24. The highest BCUT2D eigenvalue weighted by Gasteiger charge is 2.33. The van der Waals surface area contributed by atoms with Gasteiger partial charge in [-0.1, -0.05) is 30.3 Å². The molecule has 1 saturated heterocycles. The highest BCUT2D eigenvalue weighted by Crippen LogP contribution is 2.25. The zero-order valence-electron chi connectivity index (χ0n) is 17.7. The molecule has 0 unspecified atom stereocenters. The van der Waals surface area contributed by atoms with Crippen LogP contribution in [-0.2, 0) is 16.1 Å². The summed E-state index contributed by atoms with van der Waals surface area (Å²) in [4.78, 5) is 24.6. The second-order valence-electron chi connectivity index (χ2n) is 8.17. The summed E-state index contributed by atoms with van der Waals surface area (Å²) in [7, 11) is 1.39. The van der Waals surface area contributed by atoms with Gasteiger partial charge in [0, 0.05) is 11.3 Å². The van der Waals surface area contributed by atoms with Crippen LogP contribution in [0.2, 0.25) is 0 Å². The zero-order valence-corrected chi connectivity index (χ0v) is 17.7. The van der Waals surface area contributed by atoms with Crippen LogP contribution >= 0.6 is 0 Å². The van der Waals surface area contributed by atoms with Crippen molar-refractivity contribution in [2.45, 2.75) is 39.7 Å².